The minimum absolute atomic E-state index is 0.0375. The van der Waals surface area contributed by atoms with Gasteiger partial charge in [0.05, 0.1) is 11.9 Å². The number of nitrogens with zero attached hydrogens (tertiary/aromatic N) is 5. The van der Waals surface area contributed by atoms with E-state index in [1.165, 1.54) is 0 Å². The van der Waals surface area contributed by atoms with Crippen molar-refractivity contribution in [3.63, 3.8) is 0 Å². The van der Waals surface area contributed by atoms with Crippen LogP contribution >= 0.6 is 0 Å². The highest BCUT2D eigenvalue weighted by atomic mass is 16.2. The van der Waals surface area contributed by atoms with Gasteiger partial charge in [0.1, 0.15) is 5.82 Å². The molecule has 1 aliphatic heterocycles. The van der Waals surface area contributed by atoms with Gasteiger partial charge in [0.15, 0.2) is 0 Å². The molecule has 0 bridgehead atoms. The molecule has 26 heavy (non-hydrogen) atoms. The predicted octanol–water partition coefficient (Wildman–Crippen LogP) is 2.49. The molecule has 0 radical (unpaired) electrons. The first kappa shape index (κ1) is 18.1. The highest BCUT2D eigenvalue weighted by Crippen LogP contribution is 2.20. The SMILES string of the molecule is Cc1cnc(N2CCN(c3ccc(NC(=O)C(C)(C)C)nc3)CC2)nc1. The van der Waals surface area contributed by atoms with Crippen molar-refractivity contribution in [3.05, 3.63) is 36.3 Å². The van der Waals surface area contributed by atoms with Crippen molar-refractivity contribution in [2.45, 2.75) is 27.7 Å². The Morgan fingerprint density at radius 2 is 1.58 bits per heavy atom. The summed E-state index contributed by atoms with van der Waals surface area (Å²) >= 11 is 0. The maximum Gasteiger partial charge on any atom is 0.230 e. The smallest absolute Gasteiger partial charge is 0.230 e. The Hall–Kier alpha value is -2.70. The van der Waals surface area contributed by atoms with Gasteiger partial charge >= 0.3 is 0 Å². The monoisotopic (exact) mass is 354 g/mol. The molecule has 2 aromatic rings. The molecule has 0 spiro atoms. The number of aromatic nitrogens is 3. The Labute approximate surface area is 154 Å². The average Bonchev–Trinajstić information content (AvgIpc) is 2.62. The van der Waals surface area contributed by atoms with E-state index < -0.39 is 5.41 Å². The van der Waals surface area contributed by atoms with Crippen LogP contribution in [0.5, 0.6) is 0 Å². The Morgan fingerprint density at radius 3 is 2.12 bits per heavy atom. The number of amides is 1. The van der Waals surface area contributed by atoms with Crippen molar-refractivity contribution < 1.29 is 4.79 Å². The van der Waals surface area contributed by atoms with Gasteiger partial charge in [-0.1, -0.05) is 20.8 Å². The first-order valence-electron chi connectivity index (χ1n) is 8.89. The van der Waals surface area contributed by atoms with Crippen molar-refractivity contribution in [1.29, 1.82) is 0 Å². The van der Waals surface area contributed by atoms with Crippen molar-refractivity contribution in [1.82, 2.24) is 15.0 Å². The van der Waals surface area contributed by atoms with Gasteiger partial charge in [0.25, 0.3) is 0 Å². The van der Waals surface area contributed by atoms with E-state index in [4.69, 9.17) is 0 Å². The molecule has 0 aliphatic carbocycles. The van der Waals surface area contributed by atoms with Crippen LogP contribution in [0.25, 0.3) is 0 Å². The molecule has 1 amide bonds. The van der Waals surface area contributed by atoms with Gasteiger partial charge in [0, 0.05) is 44.0 Å². The summed E-state index contributed by atoms with van der Waals surface area (Å²) in [6.45, 7) is 11.1. The number of carbonyl (C=O) groups is 1. The van der Waals surface area contributed by atoms with E-state index in [1.54, 1.807) is 0 Å². The molecule has 7 nitrogen and oxygen atoms in total. The van der Waals surface area contributed by atoms with Crippen LogP contribution in [0.3, 0.4) is 0 Å². The number of hydrogen-bond acceptors (Lipinski definition) is 6. The van der Waals surface area contributed by atoms with Gasteiger partial charge < -0.3 is 15.1 Å². The standard InChI is InChI=1S/C19H26N6O/c1-14-11-21-18(22-12-14)25-9-7-24(8-10-25)15-5-6-16(20-13-15)23-17(26)19(2,3)4/h5-6,11-13H,7-10H2,1-4H3,(H,20,23,26). The van der Waals surface area contributed by atoms with Gasteiger partial charge in [-0.05, 0) is 24.6 Å². The van der Waals surface area contributed by atoms with Gasteiger partial charge in [-0.2, -0.15) is 0 Å². The quantitative estimate of drug-likeness (QED) is 0.913. The van der Waals surface area contributed by atoms with Crippen LogP contribution in [0.15, 0.2) is 30.7 Å². The first-order valence-corrected chi connectivity index (χ1v) is 8.89. The molecule has 3 heterocycles. The summed E-state index contributed by atoms with van der Waals surface area (Å²) in [4.78, 5) is 29.7. The number of rotatable bonds is 3. The lowest BCUT2D eigenvalue weighted by Crippen LogP contribution is -2.47. The van der Waals surface area contributed by atoms with E-state index >= 15 is 0 Å². The Balaban J connectivity index is 1.58. The molecule has 1 fully saturated rings. The molecule has 0 saturated carbocycles. The molecule has 0 atom stereocenters. The lowest BCUT2D eigenvalue weighted by Gasteiger charge is -2.35. The molecule has 0 aromatic carbocycles. The fourth-order valence-electron chi connectivity index (χ4n) is 2.66. The molecule has 1 aliphatic rings. The van der Waals surface area contributed by atoms with E-state index in [1.807, 2.05) is 58.4 Å². The van der Waals surface area contributed by atoms with E-state index in [9.17, 15) is 4.79 Å². The molecule has 2 aromatic heterocycles. The minimum atomic E-state index is -0.436. The lowest BCUT2D eigenvalue weighted by atomic mass is 9.96. The number of nitrogens with one attached hydrogen (secondary N) is 1. The average molecular weight is 354 g/mol. The van der Waals surface area contributed by atoms with Crippen molar-refractivity contribution in [2.75, 3.05) is 41.3 Å². The van der Waals surface area contributed by atoms with Crippen LogP contribution in [0.4, 0.5) is 17.5 Å². The Kier molecular flexibility index (Phi) is 5.06. The van der Waals surface area contributed by atoms with E-state index in [0.29, 0.717) is 5.82 Å². The zero-order valence-corrected chi connectivity index (χ0v) is 15.9. The molecule has 0 unspecified atom stereocenters. The summed E-state index contributed by atoms with van der Waals surface area (Å²) in [7, 11) is 0. The van der Waals surface area contributed by atoms with Crippen LogP contribution in [0.1, 0.15) is 26.3 Å². The van der Waals surface area contributed by atoms with Crippen molar-refractivity contribution in [2.24, 2.45) is 5.41 Å². The number of piperazine rings is 1. The number of hydrogen-bond donors (Lipinski definition) is 1. The number of pyridine rings is 1. The van der Waals surface area contributed by atoms with Crippen LogP contribution in [0.2, 0.25) is 0 Å². The van der Waals surface area contributed by atoms with Crippen molar-refractivity contribution >= 4 is 23.4 Å². The van der Waals surface area contributed by atoms with Crippen LogP contribution in [-0.4, -0.2) is 47.0 Å². The third-order valence-corrected chi connectivity index (χ3v) is 4.37. The molecule has 1 saturated heterocycles. The van der Waals surface area contributed by atoms with Gasteiger partial charge in [-0.3, -0.25) is 4.79 Å². The predicted molar refractivity (Wildman–Crippen MR) is 104 cm³/mol. The molecule has 3 rings (SSSR count). The van der Waals surface area contributed by atoms with E-state index in [2.05, 4.69) is 30.1 Å². The van der Waals surface area contributed by atoms with Gasteiger partial charge in [-0.15, -0.1) is 0 Å². The molecule has 1 N–H and O–H groups in total. The van der Waals surface area contributed by atoms with E-state index in [0.717, 1.165) is 43.4 Å². The molecular formula is C19H26N6O. The second-order valence-corrected chi connectivity index (χ2v) is 7.64. The Morgan fingerprint density at radius 1 is 0.962 bits per heavy atom. The topological polar surface area (TPSA) is 74.2 Å². The van der Waals surface area contributed by atoms with Crippen molar-refractivity contribution in [3.8, 4) is 0 Å². The lowest BCUT2D eigenvalue weighted by molar-refractivity contribution is -0.123. The zero-order valence-electron chi connectivity index (χ0n) is 15.9. The normalized spacial score (nSPS) is 15.1. The van der Waals surface area contributed by atoms with Gasteiger partial charge in [0.2, 0.25) is 11.9 Å². The highest BCUT2D eigenvalue weighted by molar-refractivity contribution is 5.93. The summed E-state index contributed by atoms with van der Waals surface area (Å²) in [5.74, 6) is 1.33. The minimum Gasteiger partial charge on any atom is -0.367 e. The summed E-state index contributed by atoms with van der Waals surface area (Å²) in [6.07, 6.45) is 5.52. The highest BCUT2D eigenvalue weighted by Gasteiger charge is 2.22. The maximum absolute atomic E-state index is 12.0. The van der Waals surface area contributed by atoms with Crippen LogP contribution in [0, 0.1) is 12.3 Å². The van der Waals surface area contributed by atoms with Crippen LogP contribution < -0.4 is 15.1 Å². The third-order valence-electron chi connectivity index (χ3n) is 4.37. The van der Waals surface area contributed by atoms with Crippen LogP contribution in [-0.2, 0) is 4.79 Å². The fraction of sp³-hybridized carbons (Fsp3) is 0.474. The molecule has 7 heteroatoms. The summed E-state index contributed by atoms with van der Waals surface area (Å²) in [6, 6.07) is 3.86. The molecule has 138 valence electrons. The number of aryl methyl sites for hydroxylation is 1. The summed E-state index contributed by atoms with van der Waals surface area (Å²) in [5, 5.41) is 2.85. The molecular weight excluding hydrogens is 328 g/mol. The summed E-state index contributed by atoms with van der Waals surface area (Å²) in [5.41, 5.74) is 1.69. The number of anilines is 3. The third kappa shape index (κ3) is 4.28. The first-order chi connectivity index (χ1) is 12.3. The van der Waals surface area contributed by atoms with Gasteiger partial charge in [-0.25, -0.2) is 15.0 Å². The Bertz CT molecular complexity index is 743. The summed E-state index contributed by atoms with van der Waals surface area (Å²) < 4.78 is 0. The fourth-order valence-corrected chi connectivity index (χ4v) is 2.66. The second kappa shape index (κ2) is 7.27. The zero-order chi connectivity index (χ0) is 18.7. The largest absolute Gasteiger partial charge is 0.367 e. The maximum atomic E-state index is 12.0. The second-order valence-electron chi connectivity index (χ2n) is 7.64. The number of carbonyl (C=O) groups excluding carboxylic acids is 1. The van der Waals surface area contributed by atoms with E-state index in [-0.39, 0.29) is 5.91 Å².